The van der Waals surface area contributed by atoms with Crippen LogP contribution in [-0.4, -0.2) is 20.7 Å². The molecule has 2 nitrogen and oxygen atoms in total. The maximum Gasteiger partial charge on any atom is 0.302 e. The van der Waals surface area contributed by atoms with E-state index in [1.165, 1.54) is 22.5 Å². The molecule has 0 atom stereocenters. The van der Waals surface area contributed by atoms with E-state index in [0.29, 0.717) is 6.61 Å². The molecule has 0 aliphatic carbocycles. The van der Waals surface area contributed by atoms with Crippen molar-refractivity contribution in [3.8, 4) is 0 Å². The molecule has 3 aromatic rings. The van der Waals surface area contributed by atoms with E-state index in [2.05, 4.69) is 103 Å². The summed E-state index contributed by atoms with van der Waals surface area (Å²) in [6.45, 7) is 1.96. The first kappa shape index (κ1) is 20.8. The van der Waals surface area contributed by atoms with Crippen molar-refractivity contribution in [2.24, 2.45) is 0 Å². The van der Waals surface area contributed by atoms with Gasteiger partial charge in [0, 0.05) is 6.92 Å². The topological polar surface area (TPSA) is 26.3 Å². The van der Waals surface area contributed by atoms with Crippen LogP contribution in [0.15, 0.2) is 103 Å². The van der Waals surface area contributed by atoms with Gasteiger partial charge >= 0.3 is 5.97 Å². The largest absolute Gasteiger partial charge is 0.466 e. The third kappa shape index (κ3) is 5.33. The average Bonchev–Trinajstić information content (AvgIpc) is 2.77. The lowest BCUT2D eigenvalue weighted by Gasteiger charge is -2.30. The van der Waals surface area contributed by atoms with Gasteiger partial charge in [-0.2, -0.15) is 0 Å². The third-order valence-corrected chi connectivity index (χ3v) is 9.59. The molecule has 29 heavy (non-hydrogen) atoms. The van der Waals surface area contributed by atoms with Crippen LogP contribution < -0.4 is 15.6 Å². The highest BCUT2D eigenvalue weighted by atomic mass is 28.3. The second-order valence-electron chi connectivity index (χ2n) is 7.14. The van der Waals surface area contributed by atoms with E-state index in [4.69, 9.17) is 4.74 Å². The first-order valence-corrected chi connectivity index (χ1v) is 12.3. The van der Waals surface area contributed by atoms with Crippen molar-refractivity contribution in [1.82, 2.24) is 0 Å². The fourth-order valence-electron chi connectivity index (χ4n) is 3.73. The van der Waals surface area contributed by atoms with E-state index < -0.39 is 8.07 Å². The zero-order chi connectivity index (χ0) is 20.4. The second kappa shape index (κ2) is 10.6. The van der Waals surface area contributed by atoms with Crippen molar-refractivity contribution in [1.29, 1.82) is 0 Å². The molecule has 3 rings (SSSR count). The molecule has 0 spiro atoms. The molecule has 148 valence electrons. The van der Waals surface area contributed by atoms with Crippen molar-refractivity contribution in [2.75, 3.05) is 6.61 Å². The third-order valence-electron chi connectivity index (χ3n) is 5.13. The standard InChI is InChI=1S/C26H28O2Si/c1-23(27)28-21-13-2-3-14-22-29(24-15-7-4-8-16-24,25-17-9-5-10-18-25)26-19-11-6-12-20-26/h4-12,14-20,22H,2-3,13,21H2,1H3/b22-14+. The van der Waals surface area contributed by atoms with Crippen molar-refractivity contribution in [3.05, 3.63) is 103 Å². The van der Waals surface area contributed by atoms with Crippen LogP contribution in [0.4, 0.5) is 0 Å². The zero-order valence-corrected chi connectivity index (χ0v) is 18.0. The van der Waals surface area contributed by atoms with Crippen LogP contribution in [0, 0.1) is 0 Å². The van der Waals surface area contributed by atoms with Crippen LogP contribution in [-0.2, 0) is 9.53 Å². The summed E-state index contributed by atoms with van der Waals surface area (Å²) in [4.78, 5) is 10.9. The molecule has 0 saturated heterocycles. The molecule has 0 bridgehead atoms. The Morgan fingerprint density at radius 1 is 0.759 bits per heavy atom. The molecule has 0 aliphatic rings. The van der Waals surface area contributed by atoms with Gasteiger partial charge in [-0.3, -0.25) is 4.79 Å². The Balaban J connectivity index is 1.95. The number of hydrogen-bond acceptors (Lipinski definition) is 2. The van der Waals surface area contributed by atoms with Gasteiger partial charge in [0.2, 0.25) is 0 Å². The minimum Gasteiger partial charge on any atom is -0.466 e. The molecule has 0 unspecified atom stereocenters. The van der Waals surface area contributed by atoms with Gasteiger partial charge in [-0.05, 0) is 34.8 Å². The fraction of sp³-hybridized carbons (Fsp3) is 0.192. The van der Waals surface area contributed by atoms with E-state index in [1.54, 1.807) is 0 Å². The minimum absolute atomic E-state index is 0.204. The number of esters is 1. The molecule has 0 heterocycles. The van der Waals surface area contributed by atoms with Crippen molar-refractivity contribution < 1.29 is 9.53 Å². The van der Waals surface area contributed by atoms with Gasteiger partial charge in [0.05, 0.1) is 6.61 Å². The number of benzene rings is 3. The number of unbranched alkanes of at least 4 members (excludes halogenated alkanes) is 2. The molecular weight excluding hydrogens is 372 g/mol. The lowest BCUT2D eigenvalue weighted by Crippen LogP contribution is -2.66. The summed E-state index contributed by atoms with van der Waals surface area (Å²) < 4.78 is 5.04. The van der Waals surface area contributed by atoms with Gasteiger partial charge in [-0.1, -0.05) is 103 Å². The Morgan fingerprint density at radius 3 is 1.62 bits per heavy atom. The number of carbonyl (C=O) groups excluding carboxylic acids is 1. The summed E-state index contributed by atoms with van der Waals surface area (Å²) in [6.07, 6.45) is 5.20. The summed E-state index contributed by atoms with van der Waals surface area (Å²) in [7, 11) is -2.28. The summed E-state index contributed by atoms with van der Waals surface area (Å²) in [5.41, 5.74) is 2.47. The van der Waals surface area contributed by atoms with Gasteiger partial charge < -0.3 is 4.74 Å². The second-order valence-corrected chi connectivity index (χ2v) is 10.8. The molecule has 0 amide bonds. The van der Waals surface area contributed by atoms with Crippen LogP contribution in [0.2, 0.25) is 0 Å². The van der Waals surface area contributed by atoms with E-state index in [-0.39, 0.29) is 5.97 Å². The molecule has 3 heteroatoms. The number of ether oxygens (including phenoxy) is 1. The molecule has 0 aliphatic heterocycles. The fourth-order valence-corrected chi connectivity index (χ4v) is 7.98. The van der Waals surface area contributed by atoms with E-state index in [0.717, 1.165) is 19.3 Å². The van der Waals surface area contributed by atoms with Gasteiger partial charge in [0.15, 0.2) is 8.07 Å². The highest BCUT2D eigenvalue weighted by molar-refractivity contribution is 7.14. The Kier molecular flexibility index (Phi) is 7.59. The lowest BCUT2D eigenvalue weighted by atomic mass is 10.2. The predicted octanol–water partition coefficient (Wildman–Crippen LogP) is 3.99. The maximum absolute atomic E-state index is 10.9. The number of allylic oxidation sites excluding steroid dienone is 1. The highest BCUT2D eigenvalue weighted by Crippen LogP contribution is 2.11. The van der Waals surface area contributed by atoms with Gasteiger partial charge in [-0.15, -0.1) is 0 Å². The summed E-state index contributed by atoms with van der Waals surface area (Å²) in [6, 6.07) is 32.6. The molecule has 0 radical (unpaired) electrons. The summed E-state index contributed by atoms with van der Waals surface area (Å²) in [5, 5.41) is 4.15. The lowest BCUT2D eigenvalue weighted by molar-refractivity contribution is -0.141. The number of hydrogen-bond donors (Lipinski definition) is 0. The number of carbonyl (C=O) groups is 1. The summed E-state index contributed by atoms with van der Waals surface area (Å²) in [5.74, 6) is -0.204. The minimum atomic E-state index is -2.28. The molecule has 0 N–H and O–H groups in total. The highest BCUT2D eigenvalue weighted by Gasteiger charge is 2.36. The smallest absolute Gasteiger partial charge is 0.302 e. The van der Waals surface area contributed by atoms with Crippen molar-refractivity contribution in [2.45, 2.75) is 26.2 Å². The normalized spacial score (nSPS) is 11.5. The summed E-state index contributed by atoms with van der Waals surface area (Å²) >= 11 is 0. The van der Waals surface area contributed by atoms with Crippen LogP contribution in [0.5, 0.6) is 0 Å². The monoisotopic (exact) mass is 400 g/mol. The van der Waals surface area contributed by atoms with E-state index in [9.17, 15) is 4.79 Å². The van der Waals surface area contributed by atoms with Crippen LogP contribution in [0.25, 0.3) is 0 Å². The van der Waals surface area contributed by atoms with Gasteiger partial charge in [-0.25, -0.2) is 0 Å². The van der Waals surface area contributed by atoms with Crippen molar-refractivity contribution >= 4 is 29.6 Å². The van der Waals surface area contributed by atoms with Crippen molar-refractivity contribution in [3.63, 3.8) is 0 Å². The van der Waals surface area contributed by atoms with E-state index >= 15 is 0 Å². The maximum atomic E-state index is 10.9. The first-order chi connectivity index (χ1) is 14.2. The van der Waals surface area contributed by atoms with E-state index in [1.807, 2.05) is 0 Å². The zero-order valence-electron chi connectivity index (χ0n) is 17.0. The van der Waals surface area contributed by atoms with Crippen LogP contribution in [0.3, 0.4) is 0 Å². The molecule has 0 saturated carbocycles. The predicted molar refractivity (Wildman–Crippen MR) is 124 cm³/mol. The van der Waals surface area contributed by atoms with Gasteiger partial charge in [0.25, 0.3) is 0 Å². The Hall–Kier alpha value is -2.91. The Bertz CT molecular complexity index is 809. The molecule has 0 aromatic heterocycles. The van der Waals surface area contributed by atoms with Gasteiger partial charge in [0.1, 0.15) is 0 Å². The van der Waals surface area contributed by atoms with Crippen LogP contribution in [0.1, 0.15) is 26.2 Å². The Labute approximate surface area is 174 Å². The first-order valence-electron chi connectivity index (χ1n) is 10.2. The number of rotatable bonds is 9. The van der Waals surface area contributed by atoms with Crippen LogP contribution >= 0.6 is 0 Å². The SMILES string of the molecule is CC(=O)OCCCC/C=C/[Si](c1ccccc1)(c1ccccc1)c1ccccc1. The average molecular weight is 401 g/mol. The molecular formula is C26H28O2Si. The molecule has 0 fully saturated rings. The molecule has 3 aromatic carbocycles. The Morgan fingerprint density at radius 2 is 1.21 bits per heavy atom. The quantitative estimate of drug-likeness (QED) is 0.235.